The Hall–Kier alpha value is -4.06. The number of fused-ring (bicyclic) bond motifs is 1. The number of carbonyl (C=O) groups excluding carboxylic acids is 2. The first-order valence-corrected chi connectivity index (χ1v) is 14.7. The van der Waals surface area contributed by atoms with Crippen molar-refractivity contribution in [2.45, 2.75) is 44.1 Å². The molecular weight excluding hydrogens is 610 g/mol. The van der Waals surface area contributed by atoms with Crippen LogP contribution in [-0.4, -0.2) is 66.1 Å². The first-order valence-electron chi connectivity index (χ1n) is 13.9. The van der Waals surface area contributed by atoms with Gasteiger partial charge in [0.1, 0.15) is 17.0 Å². The molecule has 4 heterocycles. The Kier molecular flexibility index (Phi) is 6.41. The van der Waals surface area contributed by atoms with Crippen LogP contribution in [0.3, 0.4) is 0 Å². The zero-order chi connectivity index (χ0) is 29.3. The molecule has 2 aliphatic heterocycles. The van der Waals surface area contributed by atoms with Gasteiger partial charge in [-0.1, -0.05) is 12.6 Å². The molecule has 7 rings (SSSR count). The Balaban J connectivity index is 1.32. The van der Waals surface area contributed by atoms with Gasteiger partial charge in [0, 0.05) is 42.5 Å². The predicted molar refractivity (Wildman–Crippen MR) is 154 cm³/mol. The number of imidazole rings is 1. The molecular formula is C30H27BrF2N6O3. The van der Waals surface area contributed by atoms with Gasteiger partial charge in [0.25, 0.3) is 12.3 Å². The van der Waals surface area contributed by atoms with Crippen molar-refractivity contribution >= 4 is 38.8 Å². The Morgan fingerprint density at radius 3 is 2.69 bits per heavy atom. The molecule has 216 valence electrons. The zero-order valence-corrected chi connectivity index (χ0v) is 24.1. The summed E-state index contributed by atoms with van der Waals surface area (Å²) in [4.78, 5) is 37.0. The summed E-state index contributed by atoms with van der Waals surface area (Å²) in [6.07, 6.45) is 1.59. The average molecular weight is 637 g/mol. The summed E-state index contributed by atoms with van der Waals surface area (Å²) in [6, 6.07) is 8.40. The standard InChI is InChI=1S/C30H27BrF2N6O3/c1-2-24(41)37-11-9-19-25-21(39(36-19)20-8-5-16(13-23(20)40)15-3-4-15)10-12-38(22(25)14-37)30(42)17-6-7-18(31)27-26(17)34-29(35-27)28(32)33/h2,5-8,13,15,22,28,40H,1,3-4,9-12,14H2,(H,34,35)/t22-/m0/s1. The highest BCUT2D eigenvalue weighted by Crippen LogP contribution is 2.43. The Morgan fingerprint density at radius 1 is 1.17 bits per heavy atom. The topological polar surface area (TPSA) is 107 Å². The normalized spacial score (nSPS) is 18.3. The summed E-state index contributed by atoms with van der Waals surface area (Å²) in [7, 11) is 0. The summed E-state index contributed by atoms with van der Waals surface area (Å²) in [5.41, 5.74) is 4.82. The van der Waals surface area contributed by atoms with Crippen molar-refractivity contribution in [1.82, 2.24) is 29.5 Å². The maximum absolute atomic E-state index is 14.2. The number of nitrogens with one attached hydrogen (secondary N) is 1. The van der Waals surface area contributed by atoms with Gasteiger partial charge in [0.2, 0.25) is 5.91 Å². The first kappa shape index (κ1) is 26.8. The number of halogens is 3. The molecule has 2 aromatic carbocycles. The summed E-state index contributed by atoms with van der Waals surface area (Å²) in [5.74, 6) is -0.497. The molecule has 0 saturated heterocycles. The van der Waals surface area contributed by atoms with E-state index in [4.69, 9.17) is 5.10 Å². The van der Waals surface area contributed by atoms with Gasteiger partial charge in [-0.2, -0.15) is 5.10 Å². The summed E-state index contributed by atoms with van der Waals surface area (Å²) >= 11 is 3.37. The van der Waals surface area contributed by atoms with Crippen LogP contribution in [0.1, 0.15) is 69.9 Å². The number of hydrogen-bond acceptors (Lipinski definition) is 5. The van der Waals surface area contributed by atoms with Crippen LogP contribution in [0.5, 0.6) is 5.75 Å². The molecule has 0 spiro atoms. The van der Waals surface area contributed by atoms with Crippen LogP contribution in [0.25, 0.3) is 16.7 Å². The number of phenolic OH excluding ortho intramolecular Hbond substituents is 1. The number of nitrogens with zero attached hydrogens (tertiary/aromatic N) is 5. The number of rotatable bonds is 5. The largest absolute Gasteiger partial charge is 0.506 e. The van der Waals surface area contributed by atoms with Crippen LogP contribution in [0, 0.1) is 0 Å². The molecule has 1 aliphatic carbocycles. The molecule has 0 unspecified atom stereocenters. The molecule has 3 aliphatic rings. The van der Waals surface area contributed by atoms with E-state index in [2.05, 4.69) is 32.5 Å². The molecule has 12 heteroatoms. The van der Waals surface area contributed by atoms with E-state index >= 15 is 0 Å². The fourth-order valence-corrected chi connectivity index (χ4v) is 6.68. The van der Waals surface area contributed by atoms with Gasteiger partial charge in [-0.05, 0) is 70.6 Å². The zero-order valence-electron chi connectivity index (χ0n) is 22.5. The number of aromatic hydroxyl groups is 1. The second-order valence-electron chi connectivity index (χ2n) is 11.0. The average Bonchev–Trinajstić information content (AvgIpc) is 3.67. The van der Waals surface area contributed by atoms with Crippen LogP contribution in [0.2, 0.25) is 0 Å². The molecule has 0 bridgehead atoms. The molecule has 1 saturated carbocycles. The number of hydrogen-bond donors (Lipinski definition) is 2. The molecule has 0 radical (unpaired) electrons. The maximum atomic E-state index is 14.2. The fourth-order valence-electron chi connectivity index (χ4n) is 6.26. The first-order chi connectivity index (χ1) is 20.2. The number of amides is 2. The Bertz CT molecular complexity index is 1780. The van der Waals surface area contributed by atoms with Gasteiger partial charge < -0.3 is 19.9 Å². The minimum absolute atomic E-state index is 0.150. The third kappa shape index (κ3) is 4.31. The molecule has 2 aromatic heterocycles. The molecule has 1 fully saturated rings. The van der Waals surface area contributed by atoms with Crippen LogP contribution in [0.4, 0.5) is 8.78 Å². The number of phenols is 1. The highest BCUT2D eigenvalue weighted by Gasteiger charge is 2.41. The van der Waals surface area contributed by atoms with Gasteiger partial charge in [-0.3, -0.25) is 9.59 Å². The van der Waals surface area contributed by atoms with Crippen molar-refractivity contribution in [3.63, 3.8) is 0 Å². The predicted octanol–water partition coefficient (Wildman–Crippen LogP) is 5.34. The third-order valence-corrected chi connectivity index (χ3v) is 9.14. The van der Waals surface area contributed by atoms with Crippen molar-refractivity contribution in [3.05, 3.63) is 81.4 Å². The Labute approximate surface area is 248 Å². The number of benzene rings is 2. The molecule has 2 amide bonds. The SMILES string of the molecule is C=CC(=O)N1CCc2nn(-c3ccc(C4CC4)cc3O)c3c2[C@H](C1)N(C(=O)c1ccc(Br)c2[nH]c(C(F)F)nc12)CC3. The Morgan fingerprint density at radius 2 is 1.98 bits per heavy atom. The molecule has 9 nitrogen and oxygen atoms in total. The van der Waals surface area contributed by atoms with E-state index in [1.165, 1.54) is 6.08 Å². The maximum Gasteiger partial charge on any atom is 0.295 e. The highest BCUT2D eigenvalue weighted by molar-refractivity contribution is 9.10. The monoisotopic (exact) mass is 636 g/mol. The van der Waals surface area contributed by atoms with Gasteiger partial charge in [-0.15, -0.1) is 0 Å². The number of aromatic nitrogens is 4. The smallest absolute Gasteiger partial charge is 0.295 e. The summed E-state index contributed by atoms with van der Waals surface area (Å²) in [6.45, 7) is 4.54. The quantitative estimate of drug-likeness (QED) is 0.288. The number of H-pyrrole nitrogens is 1. The highest BCUT2D eigenvalue weighted by atomic mass is 79.9. The second-order valence-corrected chi connectivity index (χ2v) is 11.8. The van der Waals surface area contributed by atoms with E-state index in [-0.39, 0.29) is 35.2 Å². The lowest BCUT2D eigenvalue weighted by Gasteiger charge is -2.38. The van der Waals surface area contributed by atoms with Gasteiger partial charge in [0.15, 0.2) is 5.82 Å². The van der Waals surface area contributed by atoms with Gasteiger partial charge >= 0.3 is 0 Å². The van der Waals surface area contributed by atoms with E-state index in [1.54, 1.807) is 26.6 Å². The van der Waals surface area contributed by atoms with E-state index in [0.29, 0.717) is 47.5 Å². The molecule has 1 atom stereocenters. The van der Waals surface area contributed by atoms with Crippen LogP contribution < -0.4 is 0 Å². The minimum atomic E-state index is -2.83. The van der Waals surface area contributed by atoms with Crippen LogP contribution >= 0.6 is 15.9 Å². The second kappa shape index (κ2) is 10.0. The summed E-state index contributed by atoms with van der Waals surface area (Å²) < 4.78 is 29.3. The number of carbonyl (C=O) groups is 2. The summed E-state index contributed by atoms with van der Waals surface area (Å²) in [5, 5.41) is 15.9. The minimum Gasteiger partial charge on any atom is -0.506 e. The van der Waals surface area contributed by atoms with Crippen molar-refractivity contribution in [2.24, 2.45) is 0 Å². The van der Waals surface area contributed by atoms with E-state index in [0.717, 1.165) is 35.4 Å². The van der Waals surface area contributed by atoms with Gasteiger partial charge in [0.05, 0.1) is 28.5 Å². The van der Waals surface area contributed by atoms with Crippen LogP contribution in [0.15, 0.2) is 47.5 Å². The lowest BCUT2D eigenvalue weighted by molar-refractivity contribution is -0.126. The van der Waals surface area contributed by atoms with E-state index < -0.39 is 18.3 Å². The van der Waals surface area contributed by atoms with Crippen molar-refractivity contribution < 1.29 is 23.5 Å². The molecule has 42 heavy (non-hydrogen) atoms. The van der Waals surface area contributed by atoms with Crippen molar-refractivity contribution in [2.75, 3.05) is 19.6 Å². The molecule has 4 aromatic rings. The van der Waals surface area contributed by atoms with E-state index in [9.17, 15) is 23.5 Å². The van der Waals surface area contributed by atoms with Crippen molar-refractivity contribution in [1.29, 1.82) is 0 Å². The lowest BCUT2D eigenvalue weighted by Crippen LogP contribution is -2.45. The lowest BCUT2D eigenvalue weighted by atomic mass is 9.94. The number of alkyl halides is 2. The van der Waals surface area contributed by atoms with Gasteiger partial charge in [-0.25, -0.2) is 18.4 Å². The van der Waals surface area contributed by atoms with Crippen LogP contribution in [-0.2, 0) is 17.6 Å². The molecule has 2 N–H and O–H groups in total. The van der Waals surface area contributed by atoms with E-state index in [1.807, 2.05) is 18.2 Å². The number of aromatic amines is 1. The third-order valence-electron chi connectivity index (χ3n) is 8.48. The fraction of sp³-hybridized carbons (Fsp3) is 0.333. The van der Waals surface area contributed by atoms with Crippen molar-refractivity contribution in [3.8, 4) is 11.4 Å².